The molecule has 0 bridgehead atoms. The van der Waals surface area contributed by atoms with E-state index in [0.717, 1.165) is 30.7 Å². The largest absolute Gasteiger partial charge is 0.489 e. The lowest BCUT2D eigenvalue weighted by Crippen LogP contribution is -2.45. The van der Waals surface area contributed by atoms with E-state index in [0.29, 0.717) is 22.4 Å². The van der Waals surface area contributed by atoms with E-state index in [2.05, 4.69) is 21.8 Å². The number of hydrogen-bond acceptors (Lipinski definition) is 7. The number of rotatable bonds is 6. The molecule has 0 aliphatic carbocycles. The maximum Gasteiger partial charge on any atom is 0.332 e. The fourth-order valence-electron chi connectivity index (χ4n) is 3.87. The van der Waals surface area contributed by atoms with E-state index in [1.807, 2.05) is 0 Å². The minimum Gasteiger partial charge on any atom is -0.489 e. The van der Waals surface area contributed by atoms with Crippen LogP contribution in [0.4, 0.5) is 5.95 Å². The molecule has 0 radical (unpaired) electrons. The minimum absolute atomic E-state index is 0.0162. The van der Waals surface area contributed by atoms with Crippen molar-refractivity contribution in [1.29, 1.82) is 0 Å². The molecule has 1 fully saturated rings. The molecule has 4 rings (SSSR count). The number of aliphatic hydroxyl groups excluding tert-OH is 1. The van der Waals surface area contributed by atoms with E-state index >= 15 is 0 Å². The number of ether oxygens (including phenoxy) is 1. The zero-order valence-corrected chi connectivity index (χ0v) is 19.1. The lowest BCUT2D eigenvalue weighted by Gasteiger charge is -2.33. The summed E-state index contributed by atoms with van der Waals surface area (Å²) in [5.74, 6) is 1.03. The molecule has 3 heterocycles. The summed E-state index contributed by atoms with van der Waals surface area (Å²) in [6.45, 7) is 3.20. The summed E-state index contributed by atoms with van der Waals surface area (Å²) in [5.41, 5.74) is -0.318. The Morgan fingerprint density at radius 2 is 1.78 bits per heavy atom. The molecule has 0 unspecified atom stereocenters. The molecule has 1 aliphatic rings. The highest BCUT2D eigenvalue weighted by Gasteiger charge is 2.26. The van der Waals surface area contributed by atoms with E-state index < -0.39 is 17.4 Å². The Hall–Kier alpha value is -2.82. The molecule has 0 spiro atoms. The van der Waals surface area contributed by atoms with Crippen molar-refractivity contribution in [3.8, 4) is 5.75 Å². The van der Waals surface area contributed by atoms with Gasteiger partial charge in [-0.2, -0.15) is 4.98 Å². The molecule has 1 aromatic carbocycles. The van der Waals surface area contributed by atoms with Crippen LogP contribution in [-0.2, 0) is 20.6 Å². The van der Waals surface area contributed by atoms with Crippen LogP contribution in [0.15, 0.2) is 33.9 Å². The molecule has 32 heavy (non-hydrogen) atoms. The topological polar surface area (TPSA) is 97.8 Å². The van der Waals surface area contributed by atoms with Gasteiger partial charge in [0.15, 0.2) is 11.2 Å². The van der Waals surface area contributed by atoms with Crippen LogP contribution in [0.5, 0.6) is 5.75 Å². The fourth-order valence-corrected chi connectivity index (χ4v) is 4.06. The lowest BCUT2D eigenvalue weighted by molar-refractivity contribution is 0.0936. The van der Waals surface area contributed by atoms with Crippen LogP contribution in [0, 0.1) is 0 Å². The summed E-state index contributed by atoms with van der Waals surface area (Å²) in [5, 5.41) is 11.2. The van der Waals surface area contributed by atoms with Gasteiger partial charge in [0.05, 0.1) is 11.6 Å². The van der Waals surface area contributed by atoms with E-state index in [4.69, 9.17) is 16.3 Å². The highest BCUT2D eigenvalue weighted by atomic mass is 35.5. The Morgan fingerprint density at radius 3 is 2.47 bits per heavy atom. The smallest absolute Gasteiger partial charge is 0.332 e. The van der Waals surface area contributed by atoms with Gasteiger partial charge >= 0.3 is 5.69 Å². The van der Waals surface area contributed by atoms with E-state index in [-0.39, 0.29) is 18.7 Å². The van der Waals surface area contributed by atoms with Crippen LogP contribution in [0.1, 0.15) is 0 Å². The molecule has 11 heteroatoms. The summed E-state index contributed by atoms with van der Waals surface area (Å²) >= 11 is 6.13. The predicted octanol–water partition coefficient (Wildman–Crippen LogP) is 0.279. The highest BCUT2D eigenvalue weighted by molar-refractivity contribution is 6.32. The van der Waals surface area contributed by atoms with Crippen molar-refractivity contribution in [3.05, 3.63) is 50.1 Å². The van der Waals surface area contributed by atoms with Crippen LogP contribution >= 0.6 is 11.6 Å². The summed E-state index contributed by atoms with van der Waals surface area (Å²) in [4.78, 5) is 34.4. The van der Waals surface area contributed by atoms with Crippen molar-refractivity contribution >= 4 is 28.7 Å². The van der Waals surface area contributed by atoms with Crippen LogP contribution in [0.25, 0.3) is 11.2 Å². The summed E-state index contributed by atoms with van der Waals surface area (Å²) in [7, 11) is 5.08. The number of nitrogens with zero attached hydrogens (tertiary/aromatic N) is 6. The SMILES string of the molecule is CN1CCN(c2nc3c(c(=O)n(C)c(=O)n3C)n2C[C@H](O)COc2ccccc2Cl)CC1. The Morgan fingerprint density at radius 1 is 1.09 bits per heavy atom. The number of anilines is 1. The second-order valence-corrected chi connectivity index (χ2v) is 8.49. The average molecular weight is 463 g/mol. The first-order valence-corrected chi connectivity index (χ1v) is 10.8. The predicted molar refractivity (Wildman–Crippen MR) is 123 cm³/mol. The molecule has 1 N–H and O–H groups in total. The molecular weight excluding hydrogens is 436 g/mol. The van der Waals surface area contributed by atoms with E-state index in [1.165, 1.54) is 11.6 Å². The molecule has 0 amide bonds. The number of para-hydroxylation sites is 1. The van der Waals surface area contributed by atoms with Gasteiger partial charge in [-0.25, -0.2) is 4.79 Å². The van der Waals surface area contributed by atoms with Gasteiger partial charge in [0.25, 0.3) is 5.56 Å². The molecule has 172 valence electrons. The molecule has 1 aliphatic heterocycles. The number of hydrogen-bond donors (Lipinski definition) is 1. The number of piperazine rings is 1. The van der Waals surface area contributed by atoms with Crippen molar-refractivity contribution in [2.45, 2.75) is 12.6 Å². The molecule has 1 atom stereocenters. The van der Waals surface area contributed by atoms with Crippen molar-refractivity contribution in [3.63, 3.8) is 0 Å². The zero-order valence-electron chi connectivity index (χ0n) is 18.4. The van der Waals surface area contributed by atoms with Crippen LogP contribution in [0.2, 0.25) is 5.02 Å². The summed E-state index contributed by atoms with van der Waals surface area (Å²) < 4.78 is 9.80. The van der Waals surface area contributed by atoms with E-state index in [9.17, 15) is 14.7 Å². The van der Waals surface area contributed by atoms with Crippen molar-refractivity contribution in [2.24, 2.45) is 14.1 Å². The Kier molecular flexibility index (Phi) is 6.27. The number of imidazole rings is 1. The molecular formula is C21H27ClN6O4. The van der Waals surface area contributed by atoms with Gasteiger partial charge in [0.2, 0.25) is 5.95 Å². The summed E-state index contributed by atoms with van der Waals surface area (Å²) in [6, 6.07) is 7.03. The highest BCUT2D eigenvalue weighted by Crippen LogP contribution is 2.24. The molecule has 3 aromatic rings. The van der Waals surface area contributed by atoms with Gasteiger partial charge in [0, 0.05) is 40.3 Å². The van der Waals surface area contributed by atoms with Gasteiger partial charge in [-0.3, -0.25) is 13.9 Å². The first-order chi connectivity index (χ1) is 15.3. The molecule has 0 saturated carbocycles. The minimum atomic E-state index is -0.933. The number of likely N-dealkylation sites (N-methyl/N-ethyl adjacent to an activating group) is 1. The maximum atomic E-state index is 13.0. The average Bonchev–Trinajstić information content (AvgIpc) is 3.15. The monoisotopic (exact) mass is 462 g/mol. The van der Waals surface area contributed by atoms with Crippen molar-refractivity contribution < 1.29 is 9.84 Å². The second-order valence-electron chi connectivity index (χ2n) is 8.09. The first kappa shape index (κ1) is 22.4. The number of halogens is 1. The van der Waals surface area contributed by atoms with Gasteiger partial charge < -0.3 is 24.2 Å². The standard InChI is InChI=1S/C21H27ClN6O4/c1-24-8-10-27(11-9-24)20-23-18-17(19(30)26(3)21(31)25(18)2)28(20)12-14(29)13-32-16-7-5-4-6-15(16)22/h4-7,14,29H,8-13H2,1-3H3/t14-/m0/s1. The number of aromatic nitrogens is 4. The second kappa shape index (κ2) is 8.97. The van der Waals surface area contributed by atoms with E-state index in [1.54, 1.807) is 35.9 Å². The zero-order chi connectivity index (χ0) is 23.0. The Labute approximate surface area is 189 Å². The number of aliphatic hydroxyl groups is 1. The number of fused-ring (bicyclic) bond motifs is 1. The third-order valence-corrected chi connectivity index (χ3v) is 6.09. The van der Waals surface area contributed by atoms with Gasteiger partial charge in [0.1, 0.15) is 18.5 Å². The summed E-state index contributed by atoms with van der Waals surface area (Å²) in [6.07, 6.45) is -0.933. The maximum absolute atomic E-state index is 13.0. The number of benzene rings is 1. The third kappa shape index (κ3) is 4.13. The van der Waals surface area contributed by atoms with Gasteiger partial charge in [-0.05, 0) is 19.2 Å². The quantitative estimate of drug-likeness (QED) is 0.562. The Balaban J connectivity index is 1.71. The Bertz CT molecular complexity index is 1240. The van der Waals surface area contributed by atoms with Gasteiger partial charge in [-0.1, -0.05) is 23.7 Å². The first-order valence-electron chi connectivity index (χ1n) is 10.4. The van der Waals surface area contributed by atoms with Crippen LogP contribution in [0.3, 0.4) is 0 Å². The fraction of sp³-hybridized carbons (Fsp3) is 0.476. The number of aryl methyl sites for hydroxylation is 1. The van der Waals surface area contributed by atoms with Crippen LogP contribution < -0.4 is 20.9 Å². The molecule has 10 nitrogen and oxygen atoms in total. The lowest BCUT2D eigenvalue weighted by atomic mass is 10.3. The van der Waals surface area contributed by atoms with Crippen molar-refractivity contribution in [2.75, 3.05) is 44.7 Å². The third-order valence-electron chi connectivity index (χ3n) is 5.78. The van der Waals surface area contributed by atoms with Crippen LogP contribution in [-0.4, -0.2) is 74.6 Å². The molecule has 2 aromatic heterocycles. The van der Waals surface area contributed by atoms with Gasteiger partial charge in [-0.15, -0.1) is 0 Å². The normalized spacial score (nSPS) is 16.0. The molecule has 1 saturated heterocycles. The van der Waals surface area contributed by atoms with Crippen molar-refractivity contribution in [1.82, 2.24) is 23.6 Å².